The summed E-state index contributed by atoms with van der Waals surface area (Å²) in [6.45, 7) is 7.21. The summed E-state index contributed by atoms with van der Waals surface area (Å²) in [6.07, 6.45) is 6.54. The van der Waals surface area contributed by atoms with E-state index in [1.54, 1.807) is 12.4 Å². The summed E-state index contributed by atoms with van der Waals surface area (Å²) in [5.41, 5.74) is 5.20. The number of rotatable bonds is 7. The first-order chi connectivity index (χ1) is 15.5. The zero-order valence-corrected chi connectivity index (χ0v) is 19.0. The first-order valence-electron chi connectivity index (χ1n) is 11.2. The van der Waals surface area contributed by atoms with Crippen LogP contribution in [0.4, 0.5) is 0 Å². The van der Waals surface area contributed by atoms with E-state index in [2.05, 4.69) is 46.3 Å². The average Bonchev–Trinajstić information content (AvgIpc) is 3.18. The van der Waals surface area contributed by atoms with E-state index in [0.717, 1.165) is 47.6 Å². The van der Waals surface area contributed by atoms with E-state index in [1.165, 1.54) is 0 Å². The van der Waals surface area contributed by atoms with Crippen molar-refractivity contribution in [3.05, 3.63) is 60.6 Å². The Labute approximate surface area is 189 Å². The molecule has 1 N–H and O–H groups in total. The van der Waals surface area contributed by atoms with E-state index >= 15 is 0 Å². The number of nitrogens with zero attached hydrogens (tertiary/aromatic N) is 4. The monoisotopic (exact) mass is 433 g/mol. The highest BCUT2D eigenvalue weighted by molar-refractivity contribution is 5.80. The van der Waals surface area contributed by atoms with Crippen molar-refractivity contribution in [2.24, 2.45) is 7.05 Å². The number of pyridine rings is 1. The Bertz CT molecular complexity index is 1020. The number of aromatic nitrogens is 3. The lowest BCUT2D eigenvalue weighted by Crippen LogP contribution is -2.46. The molecule has 2 aromatic heterocycles. The molecule has 1 saturated heterocycles. The van der Waals surface area contributed by atoms with E-state index in [4.69, 9.17) is 4.74 Å². The minimum absolute atomic E-state index is 0.0746. The number of nitrogens with one attached hydrogen (secondary N) is 1. The molecule has 1 aliphatic heterocycles. The van der Waals surface area contributed by atoms with Gasteiger partial charge in [0.2, 0.25) is 5.91 Å². The van der Waals surface area contributed by atoms with E-state index in [-0.39, 0.29) is 18.1 Å². The van der Waals surface area contributed by atoms with Crippen LogP contribution in [-0.4, -0.2) is 57.4 Å². The normalized spacial score (nSPS) is 19.1. The summed E-state index contributed by atoms with van der Waals surface area (Å²) in [5, 5.41) is 7.69. The highest BCUT2D eigenvalue weighted by Crippen LogP contribution is 2.30. The molecule has 0 unspecified atom stereocenters. The number of ether oxygens (including phenoxy) is 1. The van der Waals surface area contributed by atoms with Crippen LogP contribution in [0.1, 0.15) is 25.8 Å². The van der Waals surface area contributed by atoms with Crippen molar-refractivity contribution in [3.8, 4) is 22.4 Å². The summed E-state index contributed by atoms with van der Waals surface area (Å²) in [5.74, 6) is 0.0746. The number of hydrogen-bond acceptors (Lipinski definition) is 5. The van der Waals surface area contributed by atoms with E-state index in [1.807, 2.05) is 42.2 Å². The fourth-order valence-corrected chi connectivity index (χ4v) is 4.24. The molecule has 0 bridgehead atoms. The first-order valence-corrected chi connectivity index (χ1v) is 11.2. The Morgan fingerprint density at radius 3 is 2.44 bits per heavy atom. The third-order valence-corrected chi connectivity index (χ3v) is 5.69. The fourth-order valence-electron chi connectivity index (χ4n) is 4.24. The van der Waals surface area contributed by atoms with Gasteiger partial charge in [-0.05, 0) is 37.1 Å². The van der Waals surface area contributed by atoms with Crippen LogP contribution in [-0.2, 0) is 23.1 Å². The second-order valence-electron chi connectivity index (χ2n) is 8.54. The van der Waals surface area contributed by atoms with E-state index in [9.17, 15) is 4.79 Å². The van der Waals surface area contributed by atoms with Gasteiger partial charge in [0.1, 0.15) is 5.69 Å². The quantitative estimate of drug-likeness (QED) is 0.619. The molecule has 7 nitrogen and oxygen atoms in total. The third kappa shape index (κ3) is 5.60. The smallest absolute Gasteiger partial charge is 0.221 e. The molecule has 0 spiro atoms. The molecule has 2 atom stereocenters. The fraction of sp³-hybridized carbons (Fsp3) is 0.400. The van der Waals surface area contributed by atoms with Gasteiger partial charge in [0.15, 0.2) is 0 Å². The molecule has 1 aliphatic rings. The molecule has 1 fully saturated rings. The van der Waals surface area contributed by atoms with Gasteiger partial charge in [0, 0.05) is 69.4 Å². The van der Waals surface area contributed by atoms with Crippen LogP contribution in [0.3, 0.4) is 0 Å². The van der Waals surface area contributed by atoms with Crippen molar-refractivity contribution >= 4 is 5.91 Å². The molecule has 3 heterocycles. The molecule has 3 aromatic rings. The van der Waals surface area contributed by atoms with Crippen LogP contribution < -0.4 is 5.32 Å². The molecule has 4 rings (SSSR count). The third-order valence-electron chi connectivity index (χ3n) is 5.69. The number of amides is 1. The minimum atomic E-state index is 0.0746. The van der Waals surface area contributed by atoms with Gasteiger partial charge in [-0.2, -0.15) is 5.10 Å². The predicted octanol–water partition coefficient (Wildman–Crippen LogP) is 3.26. The summed E-state index contributed by atoms with van der Waals surface area (Å²) in [7, 11) is 1.93. The lowest BCUT2D eigenvalue weighted by Gasteiger charge is -2.35. The number of carbonyl (C=O) groups excluding carboxylic acids is 1. The molecular formula is C25H31N5O2. The summed E-state index contributed by atoms with van der Waals surface area (Å²) < 4.78 is 7.58. The zero-order chi connectivity index (χ0) is 22.5. The SMILES string of the molecule is C[C@H]1CN(CCC(=O)NCc2ccc(-c3nn(C)cc3-c3ccncc3)cc2)C[C@H](C)O1. The topological polar surface area (TPSA) is 72.3 Å². The van der Waals surface area contributed by atoms with Gasteiger partial charge >= 0.3 is 0 Å². The molecule has 168 valence electrons. The van der Waals surface area contributed by atoms with Crippen LogP contribution in [0.15, 0.2) is 55.0 Å². The maximum atomic E-state index is 12.3. The van der Waals surface area contributed by atoms with Crippen molar-refractivity contribution < 1.29 is 9.53 Å². The summed E-state index contributed by atoms with van der Waals surface area (Å²) in [6, 6.07) is 12.2. The molecule has 0 aliphatic carbocycles. The average molecular weight is 434 g/mol. The lowest BCUT2D eigenvalue weighted by molar-refractivity contribution is -0.122. The van der Waals surface area contributed by atoms with E-state index < -0.39 is 0 Å². The highest BCUT2D eigenvalue weighted by Gasteiger charge is 2.22. The standard InChI is InChI=1S/C25H31N5O2/c1-18-15-30(16-19(2)32-18)13-10-24(31)27-14-20-4-6-22(7-5-20)25-23(17-29(3)28-25)21-8-11-26-12-9-21/h4-9,11-12,17-19H,10,13-16H2,1-3H3,(H,27,31)/t18-,19-/m0/s1. The molecule has 32 heavy (non-hydrogen) atoms. The number of morpholine rings is 1. The second-order valence-corrected chi connectivity index (χ2v) is 8.54. The van der Waals surface area contributed by atoms with Crippen molar-refractivity contribution in [1.82, 2.24) is 25.0 Å². The Kier molecular flexibility index (Phi) is 6.97. The maximum absolute atomic E-state index is 12.3. The second kappa shape index (κ2) is 10.1. The number of carbonyl (C=O) groups is 1. The van der Waals surface area contributed by atoms with Crippen LogP contribution in [0.5, 0.6) is 0 Å². The Morgan fingerprint density at radius 1 is 1.06 bits per heavy atom. The first kappa shape index (κ1) is 22.2. The molecule has 1 aromatic carbocycles. The molecule has 0 saturated carbocycles. The van der Waals surface area contributed by atoms with Gasteiger partial charge in [-0.3, -0.25) is 19.4 Å². The van der Waals surface area contributed by atoms with Crippen LogP contribution in [0.2, 0.25) is 0 Å². The predicted molar refractivity (Wildman–Crippen MR) is 125 cm³/mol. The van der Waals surface area contributed by atoms with Crippen LogP contribution in [0, 0.1) is 0 Å². The van der Waals surface area contributed by atoms with Gasteiger partial charge in [0.05, 0.1) is 12.2 Å². The van der Waals surface area contributed by atoms with Crippen molar-refractivity contribution in [1.29, 1.82) is 0 Å². The van der Waals surface area contributed by atoms with Gasteiger partial charge in [-0.1, -0.05) is 24.3 Å². The van der Waals surface area contributed by atoms with Crippen LogP contribution >= 0.6 is 0 Å². The van der Waals surface area contributed by atoms with Crippen molar-refractivity contribution in [2.45, 2.75) is 39.0 Å². The summed E-state index contributed by atoms with van der Waals surface area (Å²) >= 11 is 0. The molecular weight excluding hydrogens is 402 g/mol. The van der Waals surface area contributed by atoms with Crippen molar-refractivity contribution in [3.63, 3.8) is 0 Å². The largest absolute Gasteiger partial charge is 0.373 e. The number of hydrogen-bond donors (Lipinski definition) is 1. The number of aryl methyl sites for hydroxylation is 1. The van der Waals surface area contributed by atoms with Gasteiger partial charge in [0.25, 0.3) is 0 Å². The molecule has 0 radical (unpaired) electrons. The lowest BCUT2D eigenvalue weighted by atomic mass is 10.0. The number of benzene rings is 1. The highest BCUT2D eigenvalue weighted by atomic mass is 16.5. The van der Waals surface area contributed by atoms with Gasteiger partial charge < -0.3 is 10.1 Å². The maximum Gasteiger partial charge on any atom is 0.221 e. The van der Waals surface area contributed by atoms with Gasteiger partial charge in [-0.25, -0.2) is 0 Å². The minimum Gasteiger partial charge on any atom is -0.373 e. The van der Waals surface area contributed by atoms with Crippen LogP contribution in [0.25, 0.3) is 22.4 Å². The van der Waals surface area contributed by atoms with E-state index in [0.29, 0.717) is 13.0 Å². The van der Waals surface area contributed by atoms with Crippen molar-refractivity contribution in [2.75, 3.05) is 19.6 Å². The Morgan fingerprint density at radius 2 is 1.75 bits per heavy atom. The Hall–Kier alpha value is -3.03. The Balaban J connectivity index is 1.32. The van der Waals surface area contributed by atoms with Gasteiger partial charge in [-0.15, -0.1) is 0 Å². The molecule has 1 amide bonds. The summed E-state index contributed by atoms with van der Waals surface area (Å²) in [4.78, 5) is 18.7. The molecule has 7 heteroatoms. The zero-order valence-electron chi connectivity index (χ0n) is 19.0.